The number of carbonyl (C=O) groups is 1. The minimum atomic E-state index is -4.27. The van der Waals surface area contributed by atoms with Crippen molar-refractivity contribution in [1.29, 1.82) is 0 Å². The van der Waals surface area contributed by atoms with Crippen molar-refractivity contribution in [1.82, 2.24) is 0 Å². The van der Waals surface area contributed by atoms with Crippen molar-refractivity contribution in [2.24, 2.45) is 5.73 Å². The molecule has 0 bridgehead atoms. The number of ether oxygens (including phenoxy) is 1. The van der Waals surface area contributed by atoms with Crippen LogP contribution in [-0.2, 0) is 9.53 Å². The van der Waals surface area contributed by atoms with Gasteiger partial charge in [-0.05, 0) is 13.3 Å². The molecule has 0 radical (unpaired) electrons. The molecule has 0 aliphatic carbocycles. The van der Waals surface area contributed by atoms with Crippen molar-refractivity contribution >= 4 is 5.97 Å². The lowest BCUT2D eigenvalue weighted by atomic mass is 10.2. The molecule has 0 aliphatic rings. The summed E-state index contributed by atoms with van der Waals surface area (Å²) in [6, 6.07) is -1.18. The van der Waals surface area contributed by atoms with Crippen molar-refractivity contribution < 1.29 is 22.7 Å². The average Bonchev–Trinajstić information content (AvgIpc) is 1.99. The predicted molar refractivity (Wildman–Crippen MR) is 39.9 cm³/mol. The van der Waals surface area contributed by atoms with Crippen LogP contribution in [0.2, 0.25) is 0 Å². The number of hydrogen-bond acceptors (Lipinski definition) is 3. The molecular weight excluding hydrogens is 187 g/mol. The van der Waals surface area contributed by atoms with Gasteiger partial charge in [-0.25, -0.2) is 0 Å². The Bertz CT molecular complexity index is 170. The standard InChI is InChI=1S/C7H12F3NO2/c1-2-13-6(12)5(11)3-4-7(8,9)10/h5H,2-4,11H2,1H3/t5-/m1/s1. The molecule has 3 nitrogen and oxygen atoms in total. The Morgan fingerprint density at radius 2 is 2.08 bits per heavy atom. The number of alkyl halides is 3. The maximum atomic E-state index is 11.7. The minimum absolute atomic E-state index is 0.124. The summed E-state index contributed by atoms with van der Waals surface area (Å²) in [5.74, 6) is -0.785. The average molecular weight is 199 g/mol. The number of esters is 1. The SMILES string of the molecule is CCOC(=O)[C@H](N)CCC(F)(F)F. The molecule has 0 aromatic heterocycles. The van der Waals surface area contributed by atoms with Crippen LogP contribution in [0.25, 0.3) is 0 Å². The third-order valence-electron chi connectivity index (χ3n) is 1.33. The van der Waals surface area contributed by atoms with E-state index in [0.717, 1.165) is 0 Å². The summed E-state index contributed by atoms with van der Waals surface area (Å²) in [6.45, 7) is 1.69. The van der Waals surface area contributed by atoms with Crippen molar-refractivity contribution in [3.05, 3.63) is 0 Å². The number of hydrogen-bond donors (Lipinski definition) is 1. The zero-order valence-corrected chi connectivity index (χ0v) is 7.23. The number of rotatable bonds is 4. The fourth-order valence-corrected chi connectivity index (χ4v) is 0.686. The van der Waals surface area contributed by atoms with Gasteiger partial charge in [0.05, 0.1) is 6.61 Å². The van der Waals surface area contributed by atoms with Gasteiger partial charge in [-0.15, -0.1) is 0 Å². The quantitative estimate of drug-likeness (QED) is 0.692. The van der Waals surface area contributed by atoms with E-state index in [4.69, 9.17) is 5.73 Å². The van der Waals surface area contributed by atoms with Crippen LogP contribution in [0.5, 0.6) is 0 Å². The molecule has 0 saturated heterocycles. The third kappa shape index (κ3) is 6.39. The highest BCUT2D eigenvalue weighted by atomic mass is 19.4. The largest absolute Gasteiger partial charge is 0.465 e. The van der Waals surface area contributed by atoms with Crippen LogP contribution in [-0.4, -0.2) is 24.8 Å². The monoisotopic (exact) mass is 199 g/mol. The molecular formula is C7H12F3NO2. The molecule has 0 amide bonds. The molecule has 0 aliphatic heterocycles. The summed E-state index contributed by atoms with van der Waals surface area (Å²) in [5.41, 5.74) is 5.14. The van der Waals surface area contributed by atoms with Gasteiger partial charge < -0.3 is 10.5 Å². The van der Waals surface area contributed by atoms with Crippen LogP contribution in [0.4, 0.5) is 13.2 Å². The maximum Gasteiger partial charge on any atom is 0.389 e. The Balaban J connectivity index is 3.74. The predicted octanol–water partition coefficient (Wildman–Crippen LogP) is 1.22. The van der Waals surface area contributed by atoms with E-state index >= 15 is 0 Å². The van der Waals surface area contributed by atoms with Gasteiger partial charge in [0.2, 0.25) is 0 Å². The van der Waals surface area contributed by atoms with Gasteiger partial charge in [0.25, 0.3) is 0 Å². The first-order valence-corrected chi connectivity index (χ1v) is 3.85. The van der Waals surface area contributed by atoms with Crippen LogP contribution >= 0.6 is 0 Å². The second-order valence-electron chi connectivity index (χ2n) is 2.51. The molecule has 1 atom stereocenters. The Morgan fingerprint density at radius 3 is 2.46 bits per heavy atom. The molecule has 13 heavy (non-hydrogen) atoms. The van der Waals surface area contributed by atoms with E-state index in [2.05, 4.69) is 4.74 Å². The lowest BCUT2D eigenvalue weighted by Crippen LogP contribution is -2.33. The van der Waals surface area contributed by atoms with Gasteiger partial charge in [0, 0.05) is 6.42 Å². The second-order valence-corrected chi connectivity index (χ2v) is 2.51. The van der Waals surface area contributed by atoms with Crippen LogP contribution in [0.3, 0.4) is 0 Å². The van der Waals surface area contributed by atoms with Crippen molar-refractivity contribution in [3.8, 4) is 0 Å². The Labute approximate surface area is 74.0 Å². The van der Waals surface area contributed by atoms with Gasteiger partial charge in [0.15, 0.2) is 0 Å². The van der Waals surface area contributed by atoms with Gasteiger partial charge in [-0.2, -0.15) is 13.2 Å². The molecule has 78 valence electrons. The lowest BCUT2D eigenvalue weighted by molar-refractivity contribution is -0.149. The number of nitrogens with two attached hydrogens (primary N) is 1. The highest BCUT2D eigenvalue weighted by Gasteiger charge is 2.29. The second kappa shape index (κ2) is 5.06. The zero-order valence-electron chi connectivity index (χ0n) is 7.23. The van der Waals surface area contributed by atoms with E-state index in [0.29, 0.717) is 0 Å². The highest BCUT2D eigenvalue weighted by molar-refractivity contribution is 5.75. The summed E-state index contributed by atoms with van der Waals surface area (Å²) < 4.78 is 39.4. The first-order chi connectivity index (χ1) is 5.87. The summed E-state index contributed by atoms with van der Waals surface area (Å²) in [5, 5.41) is 0. The van der Waals surface area contributed by atoms with Crippen molar-refractivity contribution in [3.63, 3.8) is 0 Å². The van der Waals surface area contributed by atoms with E-state index in [9.17, 15) is 18.0 Å². The van der Waals surface area contributed by atoms with Crippen LogP contribution in [0, 0.1) is 0 Å². The van der Waals surface area contributed by atoms with E-state index < -0.39 is 31.0 Å². The summed E-state index contributed by atoms with van der Waals surface area (Å²) in [7, 11) is 0. The molecule has 0 fully saturated rings. The molecule has 6 heteroatoms. The van der Waals surface area contributed by atoms with Crippen LogP contribution in [0.1, 0.15) is 19.8 Å². The van der Waals surface area contributed by atoms with Crippen molar-refractivity contribution in [2.45, 2.75) is 32.0 Å². The van der Waals surface area contributed by atoms with Gasteiger partial charge in [-0.3, -0.25) is 4.79 Å². The first kappa shape index (κ1) is 12.2. The Hall–Kier alpha value is -0.780. The number of carbonyl (C=O) groups excluding carboxylic acids is 1. The molecule has 2 N–H and O–H groups in total. The molecule has 0 aromatic rings. The summed E-state index contributed by atoms with van der Waals surface area (Å²) in [4.78, 5) is 10.7. The third-order valence-corrected chi connectivity index (χ3v) is 1.33. The molecule has 0 spiro atoms. The molecule has 0 heterocycles. The summed E-state index contributed by atoms with van der Waals surface area (Å²) in [6.07, 6.45) is -5.76. The van der Waals surface area contributed by atoms with Crippen LogP contribution < -0.4 is 5.73 Å². The minimum Gasteiger partial charge on any atom is -0.465 e. The molecule has 0 aromatic carbocycles. The van der Waals surface area contributed by atoms with Crippen molar-refractivity contribution in [2.75, 3.05) is 6.61 Å². The summed E-state index contributed by atoms with van der Waals surface area (Å²) >= 11 is 0. The fraction of sp³-hybridized carbons (Fsp3) is 0.857. The van der Waals surface area contributed by atoms with E-state index in [-0.39, 0.29) is 6.61 Å². The van der Waals surface area contributed by atoms with E-state index in [1.54, 1.807) is 6.92 Å². The van der Waals surface area contributed by atoms with Crippen LogP contribution in [0.15, 0.2) is 0 Å². The fourth-order valence-electron chi connectivity index (χ4n) is 0.686. The topological polar surface area (TPSA) is 52.3 Å². The highest BCUT2D eigenvalue weighted by Crippen LogP contribution is 2.21. The normalized spacial score (nSPS) is 13.9. The molecule has 0 saturated carbocycles. The van der Waals surface area contributed by atoms with Gasteiger partial charge >= 0.3 is 12.1 Å². The number of halogens is 3. The maximum absolute atomic E-state index is 11.7. The first-order valence-electron chi connectivity index (χ1n) is 3.85. The molecule has 0 unspecified atom stereocenters. The Morgan fingerprint density at radius 1 is 1.54 bits per heavy atom. The zero-order chi connectivity index (χ0) is 10.5. The van der Waals surface area contributed by atoms with Gasteiger partial charge in [0.1, 0.15) is 6.04 Å². The van der Waals surface area contributed by atoms with E-state index in [1.165, 1.54) is 0 Å². The molecule has 0 rings (SSSR count). The smallest absolute Gasteiger partial charge is 0.389 e. The van der Waals surface area contributed by atoms with E-state index in [1.807, 2.05) is 0 Å². The lowest BCUT2D eigenvalue weighted by Gasteiger charge is -2.11. The Kier molecular flexibility index (Phi) is 4.76. The van der Waals surface area contributed by atoms with Gasteiger partial charge in [-0.1, -0.05) is 0 Å².